The van der Waals surface area contributed by atoms with Gasteiger partial charge in [-0.15, -0.1) is 0 Å². The lowest BCUT2D eigenvalue weighted by Crippen LogP contribution is -2.19. The summed E-state index contributed by atoms with van der Waals surface area (Å²) < 4.78 is 5.46. The van der Waals surface area contributed by atoms with Gasteiger partial charge in [-0.25, -0.2) is 0 Å². The quantitative estimate of drug-likeness (QED) is 0.753. The van der Waals surface area contributed by atoms with Gasteiger partial charge in [-0.2, -0.15) is 0 Å². The number of hydrogen-bond donors (Lipinski definition) is 0. The zero-order valence-corrected chi connectivity index (χ0v) is 11.1. The van der Waals surface area contributed by atoms with Gasteiger partial charge in [0.1, 0.15) is 0 Å². The molecule has 0 amide bonds. The highest BCUT2D eigenvalue weighted by atomic mass is 16.5. The molecule has 0 heterocycles. The molecule has 18 heavy (non-hydrogen) atoms. The monoisotopic (exact) mass is 246 g/mol. The maximum Gasteiger partial charge on any atom is 0.313 e. The predicted molar refractivity (Wildman–Crippen MR) is 72.4 cm³/mol. The molecule has 1 fully saturated rings. The van der Waals surface area contributed by atoms with Crippen LogP contribution >= 0.6 is 0 Å². The van der Waals surface area contributed by atoms with E-state index in [9.17, 15) is 4.79 Å². The molecule has 2 heteroatoms. The molecule has 1 aliphatic rings. The van der Waals surface area contributed by atoms with E-state index in [1.165, 1.54) is 32.1 Å². The summed E-state index contributed by atoms with van der Waals surface area (Å²) in [5.74, 6) is 0.340. The van der Waals surface area contributed by atoms with E-state index in [-0.39, 0.29) is 11.9 Å². The van der Waals surface area contributed by atoms with Gasteiger partial charge in [0, 0.05) is 0 Å². The Morgan fingerprint density at radius 3 is 2.56 bits per heavy atom. The second kappa shape index (κ2) is 6.58. The van der Waals surface area contributed by atoms with Gasteiger partial charge < -0.3 is 4.74 Å². The number of esters is 1. The predicted octanol–water partition coefficient (Wildman–Crippen LogP) is 3.91. The van der Waals surface area contributed by atoms with Crippen molar-refractivity contribution >= 4 is 5.97 Å². The summed E-state index contributed by atoms with van der Waals surface area (Å²) in [6.45, 7) is 2.52. The summed E-state index contributed by atoms with van der Waals surface area (Å²) in [4.78, 5) is 12.0. The molecule has 0 saturated heterocycles. The van der Waals surface area contributed by atoms with Crippen LogP contribution in [0.5, 0.6) is 0 Å². The van der Waals surface area contributed by atoms with E-state index in [2.05, 4.69) is 0 Å². The average Bonchev–Trinajstić information content (AvgIpc) is 2.46. The van der Waals surface area contributed by atoms with Crippen LogP contribution < -0.4 is 0 Å². The Kier molecular flexibility index (Phi) is 4.80. The maximum absolute atomic E-state index is 12.0. The Morgan fingerprint density at radius 1 is 1.22 bits per heavy atom. The van der Waals surface area contributed by atoms with Crippen molar-refractivity contribution in [3.8, 4) is 0 Å². The minimum Gasteiger partial charge on any atom is -0.465 e. The Morgan fingerprint density at radius 2 is 1.89 bits per heavy atom. The van der Waals surface area contributed by atoms with Crippen LogP contribution in [0.15, 0.2) is 30.3 Å². The zero-order chi connectivity index (χ0) is 12.8. The highest BCUT2D eigenvalue weighted by Crippen LogP contribution is 2.24. The molecule has 0 spiro atoms. The summed E-state index contributed by atoms with van der Waals surface area (Å²) in [5.41, 5.74) is 1.03. The molecular weight excluding hydrogens is 224 g/mol. The number of carbonyl (C=O) groups is 1. The van der Waals surface area contributed by atoms with Gasteiger partial charge in [0.2, 0.25) is 0 Å². The van der Waals surface area contributed by atoms with Gasteiger partial charge in [-0.05, 0) is 31.2 Å². The van der Waals surface area contributed by atoms with E-state index < -0.39 is 0 Å². The molecule has 1 atom stereocenters. The van der Waals surface area contributed by atoms with Crippen LogP contribution in [0.2, 0.25) is 0 Å². The standard InChI is InChI=1S/C16H22O2/c1-13(15-10-6-3-7-11-15)16(17)18-12-14-8-4-2-5-9-14/h3,6-7,10-11,13-14H,2,4-5,8-9,12H2,1H3/t13-/m0/s1. The first-order valence-corrected chi connectivity index (χ1v) is 6.99. The van der Waals surface area contributed by atoms with Gasteiger partial charge in [0.15, 0.2) is 0 Å². The largest absolute Gasteiger partial charge is 0.465 e. The number of hydrogen-bond acceptors (Lipinski definition) is 2. The lowest BCUT2D eigenvalue weighted by atomic mass is 9.90. The van der Waals surface area contributed by atoms with E-state index in [0.717, 1.165) is 5.56 Å². The van der Waals surface area contributed by atoms with Crippen molar-refractivity contribution in [3.05, 3.63) is 35.9 Å². The SMILES string of the molecule is C[C@H](C(=O)OCC1CCCCC1)c1ccccc1. The number of benzene rings is 1. The third-order valence-electron chi connectivity index (χ3n) is 3.84. The Balaban J connectivity index is 1.80. The second-order valence-electron chi connectivity index (χ2n) is 5.27. The van der Waals surface area contributed by atoms with E-state index in [4.69, 9.17) is 4.74 Å². The third-order valence-corrected chi connectivity index (χ3v) is 3.84. The molecule has 1 aliphatic carbocycles. The first kappa shape index (κ1) is 13.1. The van der Waals surface area contributed by atoms with Crippen LogP contribution in [0.4, 0.5) is 0 Å². The Labute approximate surface area is 109 Å². The number of carbonyl (C=O) groups excluding carboxylic acids is 1. The van der Waals surface area contributed by atoms with Crippen LogP contribution in [0.1, 0.15) is 50.5 Å². The van der Waals surface area contributed by atoms with Crippen molar-refractivity contribution < 1.29 is 9.53 Å². The normalized spacial score (nSPS) is 18.3. The molecule has 2 nitrogen and oxygen atoms in total. The van der Waals surface area contributed by atoms with Gasteiger partial charge in [0.05, 0.1) is 12.5 Å². The first-order valence-electron chi connectivity index (χ1n) is 6.99. The van der Waals surface area contributed by atoms with Gasteiger partial charge in [0.25, 0.3) is 0 Å². The van der Waals surface area contributed by atoms with E-state index >= 15 is 0 Å². The summed E-state index contributed by atoms with van der Waals surface area (Å²) in [7, 11) is 0. The smallest absolute Gasteiger partial charge is 0.313 e. The van der Waals surface area contributed by atoms with Crippen molar-refractivity contribution in [3.63, 3.8) is 0 Å². The molecule has 0 radical (unpaired) electrons. The summed E-state index contributed by atoms with van der Waals surface area (Å²) >= 11 is 0. The van der Waals surface area contributed by atoms with Gasteiger partial charge in [-0.3, -0.25) is 4.79 Å². The Bertz CT molecular complexity index is 366. The molecule has 0 aromatic heterocycles. The molecule has 0 bridgehead atoms. The van der Waals surface area contributed by atoms with E-state index in [1.54, 1.807) is 0 Å². The van der Waals surface area contributed by atoms with Crippen LogP contribution in [0, 0.1) is 5.92 Å². The highest BCUT2D eigenvalue weighted by Gasteiger charge is 2.19. The fourth-order valence-corrected chi connectivity index (χ4v) is 2.56. The van der Waals surface area contributed by atoms with Crippen molar-refractivity contribution in [2.24, 2.45) is 5.92 Å². The highest BCUT2D eigenvalue weighted by molar-refractivity contribution is 5.77. The van der Waals surface area contributed by atoms with Crippen LogP contribution in [-0.2, 0) is 9.53 Å². The van der Waals surface area contributed by atoms with Gasteiger partial charge >= 0.3 is 5.97 Å². The van der Waals surface area contributed by atoms with Crippen molar-refractivity contribution in [2.45, 2.75) is 44.9 Å². The Hall–Kier alpha value is -1.31. The molecule has 0 aliphatic heterocycles. The lowest BCUT2D eigenvalue weighted by Gasteiger charge is -2.22. The average molecular weight is 246 g/mol. The molecule has 1 saturated carbocycles. The van der Waals surface area contributed by atoms with E-state index in [0.29, 0.717) is 12.5 Å². The van der Waals surface area contributed by atoms with E-state index in [1.807, 2.05) is 37.3 Å². The molecular formula is C16H22O2. The molecule has 0 N–H and O–H groups in total. The fourth-order valence-electron chi connectivity index (χ4n) is 2.56. The second-order valence-corrected chi connectivity index (χ2v) is 5.27. The number of ether oxygens (including phenoxy) is 1. The maximum atomic E-state index is 12.0. The minimum atomic E-state index is -0.158. The summed E-state index contributed by atoms with van der Waals surface area (Å²) in [5, 5.41) is 0. The summed E-state index contributed by atoms with van der Waals surface area (Å²) in [6, 6.07) is 9.84. The van der Waals surface area contributed by atoms with Crippen LogP contribution in [-0.4, -0.2) is 12.6 Å². The van der Waals surface area contributed by atoms with Crippen molar-refractivity contribution in [1.29, 1.82) is 0 Å². The molecule has 1 aromatic carbocycles. The van der Waals surface area contributed by atoms with Gasteiger partial charge in [-0.1, -0.05) is 49.6 Å². The van der Waals surface area contributed by atoms with Crippen molar-refractivity contribution in [2.75, 3.05) is 6.61 Å². The molecule has 0 unspecified atom stereocenters. The van der Waals surface area contributed by atoms with Crippen LogP contribution in [0.3, 0.4) is 0 Å². The zero-order valence-electron chi connectivity index (χ0n) is 11.1. The molecule has 2 rings (SSSR count). The van der Waals surface area contributed by atoms with Crippen molar-refractivity contribution in [1.82, 2.24) is 0 Å². The fraction of sp³-hybridized carbons (Fsp3) is 0.562. The lowest BCUT2D eigenvalue weighted by molar-refractivity contribution is -0.146. The first-order chi connectivity index (χ1) is 8.77. The topological polar surface area (TPSA) is 26.3 Å². The minimum absolute atomic E-state index is 0.0910. The molecule has 1 aromatic rings. The van der Waals surface area contributed by atoms with Crippen LogP contribution in [0.25, 0.3) is 0 Å². The number of rotatable bonds is 4. The summed E-state index contributed by atoms with van der Waals surface area (Å²) in [6.07, 6.45) is 6.35. The third kappa shape index (κ3) is 3.59. The molecule has 98 valence electrons.